The Morgan fingerprint density at radius 2 is 1.69 bits per heavy atom. The minimum atomic E-state index is -0.945. The quantitative estimate of drug-likeness (QED) is 0.166. The second-order valence-electron chi connectivity index (χ2n) is 8.72. The van der Waals surface area contributed by atoms with Crippen LogP contribution in [0.15, 0.2) is 69.9 Å². The van der Waals surface area contributed by atoms with E-state index in [-0.39, 0.29) is 18.3 Å². The van der Waals surface area contributed by atoms with Crippen molar-refractivity contribution in [3.8, 4) is 11.5 Å². The minimum Gasteiger partial charge on any atom is -0.497 e. The summed E-state index contributed by atoms with van der Waals surface area (Å²) in [5.74, 6) is -0.143. The van der Waals surface area contributed by atoms with Gasteiger partial charge in [0, 0.05) is 16.3 Å². The number of carbonyl (C=O) groups is 2. The van der Waals surface area contributed by atoms with Gasteiger partial charge in [-0.3, -0.25) is 0 Å². The molecule has 0 aliphatic heterocycles. The molecule has 0 fully saturated rings. The maximum atomic E-state index is 13.0. The molecule has 0 unspecified atom stereocenters. The zero-order valence-corrected chi connectivity index (χ0v) is 20.5. The third kappa shape index (κ3) is 5.17. The highest BCUT2D eigenvalue weighted by molar-refractivity contribution is 6.06. The summed E-state index contributed by atoms with van der Waals surface area (Å²) in [6, 6.07) is 16.8. The number of hydrogen-bond donors (Lipinski definition) is 1. The fourth-order valence-corrected chi connectivity index (χ4v) is 3.89. The lowest BCUT2D eigenvalue weighted by Gasteiger charge is -2.21. The molecule has 8 heteroatoms. The van der Waals surface area contributed by atoms with Crippen LogP contribution in [0.5, 0.6) is 11.5 Å². The van der Waals surface area contributed by atoms with E-state index in [0.717, 1.165) is 5.56 Å². The zero-order chi connectivity index (χ0) is 25.8. The standard InChI is InChI=1S/C28H27NO7/c1-16(2)24(29-28(32)34-15-18-8-6-5-7-9-18)27(31)35-23-13-12-21-20-11-10-19(33-4)14-22(20)26(30)36-25(21)17(23)3/h5-14,16,24H,15H2,1-4H3,(H,29,32)/t24-/m0/s1. The normalized spacial score (nSPS) is 11.9. The summed E-state index contributed by atoms with van der Waals surface area (Å²) < 4.78 is 21.7. The molecule has 0 saturated carbocycles. The van der Waals surface area contributed by atoms with Crippen LogP contribution in [0.4, 0.5) is 4.79 Å². The van der Waals surface area contributed by atoms with Crippen molar-refractivity contribution in [1.29, 1.82) is 0 Å². The summed E-state index contributed by atoms with van der Waals surface area (Å²) >= 11 is 0. The number of benzene rings is 3. The third-order valence-electron chi connectivity index (χ3n) is 5.91. The SMILES string of the molecule is COc1ccc2c(c1)c(=O)oc1c(C)c(OC(=O)[C@@H](NC(=O)OCc3ccccc3)C(C)C)ccc12. The second kappa shape index (κ2) is 10.5. The van der Waals surface area contributed by atoms with Gasteiger partial charge in [-0.2, -0.15) is 0 Å². The molecular weight excluding hydrogens is 462 g/mol. The first-order valence-corrected chi connectivity index (χ1v) is 11.5. The third-order valence-corrected chi connectivity index (χ3v) is 5.91. The molecule has 186 valence electrons. The molecule has 0 radical (unpaired) electrons. The Kier molecular flexibility index (Phi) is 7.24. The number of alkyl carbamates (subject to hydrolysis) is 1. The van der Waals surface area contributed by atoms with E-state index in [9.17, 15) is 14.4 Å². The van der Waals surface area contributed by atoms with Crippen LogP contribution >= 0.6 is 0 Å². The van der Waals surface area contributed by atoms with Crippen molar-refractivity contribution < 1.29 is 28.2 Å². The van der Waals surface area contributed by atoms with Crippen LogP contribution in [0.25, 0.3) is 21.7 Å². The van der Waals surface area contributed by atoms with E-state index < -0.39 is 23.7 Å². The molecule has 1 heterocycles. The van der Waals surface area contributed by atoms with E-state index in [4.69, 9.17) is 18.6 Å². The molecule has 0 aliphatic rings. The number of fused-ring (bicyclic) bond motifs is 3. The number of methoxy groups -OCH3 is 1. The van der Waals surface area contributed by atoms with Crippen LogP contribution in [0.3, 0.4) is 0 Å². The largest absolute Gasteiger partial charge is 0.497 e. The van der Waals surface area contributed by atoms with Crippen molar-refractivity contribution in [3.05, 3.63) is 82.2 Å². The molecule has 1 N–H and O–H groups in total. The zero-order valence-electron chi connectivity index (χ0n) is 20.5. The Morgan fingerprint density at radius 1 is 0.972 bits per heavy atom. The molecule has 0 aliphatic carbocycles. The fraction of sp³-hybridized carbons (Fsp3) is 0.250. The molecule has 1 amide bonds. The molecule has 0 bridgehead atoms. The van der Waals surface area contributed by atoms with Crippen LogP contribution in [0, 0.1) is 12.8 Å². The lowest BCUT2D eigenvalue weighted by Crippen LogP contribution is -2.46. The molecule has 1 aromatic heterocycles. The van der Waals surface area contributed by atoms with Crippen LogP contribution < -0.4 is 20.4 Å². The average Bonchev–Trinajstić information content (AvgIpc) is 2.88. The van der Waals surface area contributed by atoms with Gasteiger partial charge in [-0.1, -0.05) is 44.2 Å². The van der Waals surface area contributed by atoms with Gasteiger partial charge in [0.05, 0.1) is 12.5 Å². The first kappa shape index (κ1) is 24.8. The molecule has 0 saturated heterocycles. The molecular formula is C28H27NO7. The average molecular weight is 490 g/mol. The van der Waals surface area contributed by atoms with E-state index in [1.807, 2.05) is 30.3 Å². The van der Waals surface area contributed by atoms with Gasteiger partial charge in [0.15, 0.2) is 0 Å². The number of amides is 1. The maximum Gasteiger partial charge on any atom is 0.408 e. The number of ether oxygens (including phenoxy) is 3. The number of hydrogen-bond acceptors (Lipinski definition) is 7. The van der Waals surface area contributed by atoms with Crippen molar-refractivity contribution >= 4 is 33.8 Å². The maximum absolute atomic E-state index is 13.0. The fourth-order valence-electron chi connectivity index (χ4n) is 3.89. The Balaban J connectivity index is 1.55. The van der Waals surface area contributed by atoms with Gasteiger partial charge < -0.3 is 23.9 Å². The highest BCUT2D eigenvalue weighted by Gasteiger charge is 2.28. The molecule has 3 aromatic carbocycles. The number of rotatable bonds is 7. The molecule has 8 nitrogen and oxygen atoms in total. The van der Waals surface area contributed by atoms with E-state index >= 15 is 0 Å². The van der Waals surface area contributed by atoms with E-state index in [1.165, 1.54) is 7.11 Å². The summed E-state index contributed by atoms with van der Waals surface area (Å²) in [6.45, 7) is 5.36. The summed E-state index contributed by atoms with van der Waals surface area (Å²) in [4.78, 5) is 38.0. The van der Waals surface area contributed by atoms with Crippen LogP contribution in [-0.4, -0.2) is 25.2 Å². The van der Waals surface area contributed by atoms with E-state index in [0.29, 0.717) is 33.1 Å². The lowest BCUT2D eigenvalue weighted by molar-refractivity contribution is -0.137. The Morgan fingerprint density at radius 3 is 2.39 bits per heavy atom. The molecule has 4 rings (SSSR count). The number of carbonyl (C=O) groups excluding carboxylic acids is 2. The summed E-state index contributed by atoms with van der Waals surface area (Å²) in [6.07, 6.45) is -0.724. The van der Waals surface area contributed by atoms with E-state index in [1.54, 1.807) is 51.1 Å². The van der Waals surface area contributed by atoms with Gasteiger partial charge in [0.25, 0.3) is 0 Å². The smallest absolute Gasteiger partial charge is 0.408 e. The molecule has 0 spiro atoms. The summed E-state index contributed by atoms with van der Waals surface area (Å²) in [5, 5.41) is 4.38. The predicted octanol–water partition coefficient (Wildman–Crippen LogP) is 5.12. The minimum absolute atomic E-state index is 0.0786. The van der Waals surface area contributed by atoms with Crippen molar-refractivity contribution in [2.24, 2.45) is 5.92 Å². The van der Waals surface area contributed by atoms with Gasteiger partial charge in [0.2, 0.25) is 0 Å². The monoisotopic (exact) mass is 489 g/mol. The van der Waals surface area contributed by atoms with Gasteiger partial charge in [-0.05, 0) is 48.7 Å². The van der Waals surface area contributed by atoms with Crippen LogP contribution in [-0.2, 0) is 16.1 Å². The number of aryl methyl sites for hydroxylation is 1. The van der Waals surface area contributed by atoms with Gasteiger partial charge in [-0.15, -0.1) is 0 Å². The summed E-state index contributed by atoms with van der Waals surface area (Å²) in [5.41, 5.74) is 1.12. The van der Waals surface area contributed by atoms with Crippen molar-refractivity contribution in [2.45, 2.75) is 33.4 Å². The van der Waals surface area contributed by atoms with Crippen LogP contribution in [0.2, 0.25) is 0 Å². The topological polar surface area (TPSA) is 104 Å². The Hall–Kier alpha value is -4.33. The number of nitrogens with one attached hydrogen (secondary N) is 1. The highest BCUT2D eigenvalue weighted by Crippen LogP contribution is 2.32. The van der Waals surface area contributed by atoms with E-state index in [2.05, 4.69) is 5.32 Å². The lowest BCUT2D eigenvalue weighted by atomic mass is 10.0. The van der Waals surface area contributed by atoms with Crippen molar-refractivity contribution in [3.63, 3.8) is 0 Å². The Bertz CT molecular complexity index is 1470. The molecule has 36 heavy (non-hydrogen) atoms. The molecule has 1 atom stereocenters. The predicted molar refractivity (Wildman–Crippen MR) is 135 cm³/mol. The van der Waals surface area contributed by atoms with Gasteiger partial charge in [0.1, 0.15) is 29.7 Å². The second-order valence-corrected chi connectivity index (χ2v) is 8.72. The first-order chi connectivity index (χ1) is 17.3. The first-order valence-electron chi connectivity index (χ1n) is 11.5. The van der Waals surface area contributed by atoms with Gasteiger partial charge in [-0.25, -0.2) is 14.4 Å². The highest BCUT2D eigenvalue weighted by atomic mass is 16.6. The Labute approximate surface area is 207 Å². The molecule has 4 aromatic rings. The van der Waals surface area contributed by atoms with Gasteiger partial charge >= 0.3 is 17.7 Å². The van der Waals surface area contributed by atoms with Crippen molar-refractivity contribution in [2.75, 3.05) is 7.11 Å². The van der Waals surface area contributed by atoms with Crippen molar-refractivity contribution in [1.82, 2.24) is 5.32 Å². The van der Waals surface area contributed by atoms with Crippen LogP contribution in [0.1, 0.15) is 25.0 Å². The number of esters is 1. The summed E-state index contributed by atoms with van der Waals surface area (Å²) in [7, 11) is 1.52.